The van der Waals surface area contributed by atoms with Crippen LogP contribution in [0, 0.1) is 13.8 Å². The third-order valence-electron chi connectivity index (χ3n) is 5.86. The molecule has 2 aromatic carbocycles. The molecule has 1 saturated carbocycles. The summed E-state index contributed by atoms with van der Waals surface area (Å²) in [6.45, 7) is 4.34. The van der Waals surface area contributed by atoms with Crippen molar-refractivity contribution in [2.24, 2.45) is 0 Å². The first-order chi connectivity index (χ1) is 11.7. The SMILES string of the molecule is Cc1ccc(-c2sc(-c3ccc(C)cc3)c3c2[C@@H]2CC[C@H]3C2)cc1. The molecule has 0 unspecified atom stereocenters. The van der Waals surface area contributed by atoms with Crippen molar-refractivity contribution < 1.29 is 0 Å². The van der Waals surface area contributed by atoms with E-state index in [0.29, 0.717) is 0 Å². The Morgan fingerprint density at radius 3 is 1.50 bits per heavy atom. The number of rotatable bonds is 2. The van der Waals surface area contributed by atoms with E-state index in [1.807, 2.05) is 11.3 Å². The summed E-state index contributed by atoms with van der Waals surface area (Å²) in [6.07, 6.45) is 4.16. The Labute approximate surface area is 148 Å². The van der Waals surface area contributed by atoms with Gasteiger partial charge in [0.1, 0.15) is 0 Å². The second-order valence-corrected chi connectivity index (χ2v) is 8.55. The van der Waals surface area contributed by atoms with Gasteiger partial charge in [-0.1, -0.05) is 59.7 Å². The van der Waals surface area contributed by atoms with Gasteiger partial charge in [-0.15, -0.1) is 11.3 Å². The van der Waals surface area contributed by atoms with Gasteiger partial charge in [-0.05, 0) is 67.2 Å². The van der Waals surface area contributed by atoms with Crippen LogP contribution in [0.5, 0.6) is 0 Å². The summed E-state index contributed by atoms with van der Waals surface area (Å²) < 4.78 is 0. The highest BCUT2D eigenvalue weighted by atomic mass is 32.1. The zero-order valence-corrected chi connectivity index (χ0v) is 15.1. The standard InChI is InChI=1S/C23H22S/c1-14-3-7-16(8-4-14)22-20-18-11-12-19(13-18)21(20)23(24-22)17-9-5-15(2)6-10-17/h3-10,18-19H,11-13H2,1-2H3/t18-,19+. The van der Waals surface area contributed by atoms with Crippen LogP contribution in [-0.2, 0) is 0 Å². The van der Waals surface area contributed by atoms with Crippen LogP contribution in [0.3, 0.4) is 0 Å². The van der Waals surface area contributed by atoms with Gasteiger partial charge in [0.05, 0.1) is 0 Å². The Morgan fingerprint density at radius 1 is 0.667 bits per heavy atom. The van der Waals surface area contributed by atoms with E-state index in [9.17, 15) is 0 Å². The molecule has 0 N–H and O–H groups in total. The molecule has 1 aromatic heterocycles. The van der Waals surface area contributed by atoms with Gasteiger partial charge < -0.3 is 0 Å². The van der Waals surface area contributed by atoms with E-state index < -0.39 is 0 Å². The molecule has 1 fully saturated rings. The summed E-state index contributed by atoms with van der Waals surface area (Å²) >= 11 is 2.03. The zero-order valence-electron chi connectivity index (χ0n) is 14.3. The molecule has 24 heavy (non-hydrogen) atoms. The Balaban J connectivity index is 1.72. The topological polar surface area (TPSA) is 0 Å². The summed E-state index contributed by atoms with van der Waals surface area (Å²) in [6, 6.07) is 18.2. The first-order valence-corrected chi connectivity index (χ1v) is 9.83. The molecule has 2 atom stereocenters. The normalized spacial score (nSPS) is 21.2. The maximum atomic E-state index is 2.31. The number of hydrogen-bond donors (Lipinski definition) is 0. The number of benzene rings is 2. The van der Waals surface area contributed by atoms with Crippen LogP contribution in [-0.4, -0.2) is 0 Å². The van der Waals surface area contributed by atoms with Gasteiger partial charge in [0.25, 0.3) is 0 Å². The third kappa shape index (κ3) is 2.11. The van der Waals surface area contributed by atoms with Crippen LogP contribution in [0.4, 0.5) is 0 Å². The van der Waals surface area contributed by atoms with Crippen molar-refractivity contribution in [1.29, 1.82) is 0 Å². The van der Waals surface area contributed by atoms with Gasteiger partial charge in [-0.3, -0.25) is 0 Å². The lowest BCUT2D eigenvalue weighted by molar-refractivity contribution is 0.724. The van der Waals surface area contributed by atoms with Gasteiger partial charge in [0, 0.05) is 9.75 Å². The van der Waals surface area contributed by atoms with E-state index in [1.165, 1.54) is 51.3 Å². The number of aryl methyl sites for hydroxylation is 2. The van der Waals surface area contributed by atoms with Gasteiger partial charge in [0.2, 0.25) is 0 Å². The fraction of sp³-hybridized carbons (Fsp3) is 0.304. The molecule has 0 saturated heterocycles. The quantitative estimate of drug-likeness (QED) is 0.471. The monoisotopic (exact) mass is 330 g/mol. The Kier molecular flexibility index (Phi) is 3.21. The van der Waals surface area contributed by atoms with Crippen LogP contribution >= 0.6 is 11.3 Å². The fourth-order valence-electron chi connectivity index (χ4n) is 4.61. The largest absolute Gasteiger partial charge is 0.135 e. The van der Waals surface area contributed by atoms with Gasteiger partial charge >= 0.3 is 0 Å². The first-order valence-electron chi connectivity index (χ1n) is 9.01. The average Bonchev–Trinajstić information content (AvgIpc) is 3.28. The highest BCUT2D eigenvalue weighted by Gasteiger charge is 2.42. The number of thiophene rings is 1. The van der Waals surface area contributed by atoms with Gasteiger partial charge in [-0.2, -0.15) is 0 Å². The van der Waals surface area contributed by atoms with Crippen LogP contribution in [0.25, 0.3) is 20.9 Å². The summed E-state index contributed by atoms with van der Waals surface area (Å²) in [4.78, 5) is 3.07. The minimum Gasteiger partial charge on any atom is -0.135 e. The van der Waals surface area contributed by atoms with E-state index in [1.54, 1.807) is 11.1 Å². The highest BCUT2D eigenvalue weighted by molar-refractivity contribution is 7.19. The Morgan fingerprint density at radius 2 is 1.08 bits per heavy atom. The predicted octanol–water partition coefficient (Wildman–Crippen LogP) is 7.06. The molecule has 0 nitrogen and oxygen atoms in total. The first kappa shape index (κ1) is 14.5. The lowest BCUT2D eigenvalue weighted by Crippen LogP contribution is -1.96. The third-order valence-corrected chi connectivity index (χ3v) is 7.18. The zero-order chi connectivity index (χ0) is 16.3. The summed E-state index contributed by atoms with van der Waals surface area (Å²) in [7, 11) is 0. The maximum absolute atomic E-state index is 2.31. The van der Waals surface area contributed by atoms with Gasteiger partial charge in [0.15, 0.2) is 0 Å². The molecule has 2 aliphatic rings. The van der Waals surface area contributed by atoms with Gasteiger partial charge in [-0.25, -0.2) is 0 Å². The molecule has 0 spiro atoms. The smallest absolute Gasteiger partial charge is 0.0387 e. The van der Waals surface area contributed by atoms with E-state index in [-0.39, 0.29) is 0 Å². The summed E-state index contributed by atoms with van der Waals surface area (Å²) in [5, 5.41) is 0. The minimum absolute atomic E-state index is 0.803. The van der Waals surface area contributed by atoms with Crippen molar-refractivity contribution in [1.82, 2.24) is 0 Å². The molecule has 1 heteroatoms. The molecule has 0 radical (unpaired) electrons. The van der Waals surface area contributed by atoms with Crippen molar-refractivity contribution in [2.45, 2.75) is 44.9 Å². The number of fused-ring (bicyclic) bond motifs is 5. The molecular weight excluding hydrogens is 308 g/mol. The summed E-state index contributed by atoms with van der Waals surface area (Å²) in [5.74, 6) is 1.61. The highest BCUT2D eigenvalue weighted by Crippen LogP contribution is 2.61. The second kappa shape index (κ2) is 5.32. The van der Waals surface area contributed by atoms with Crippen molar-refractivity contribution in [3.63, 3.8) is 0 Å². The van der Waals surface area contributed by atoms with Crippen molar-refractivity contribution in [3.05, 3.63) is 70.8 Å². The number of hydrogen-bond acceptors (Lipinski definition) is 1. The molecule has 2 aliphatic carbocycles. The average molecular weight is 330 g/mol. The maximum Gasteiger partial charge on any atom is 0.0387 e. The van der Waals surface area contributed by atoms with Crippen LogP contribution < -0.4 is 0 Å². The lowest BCUT2D eigenvalue weighted by atomic mass is 9.89. The molecule has 120 valence electrons. The van der Waals surface area contributed by atoms with Crippen LogP contribution in [0.2, 0.25) is 0 Å². The van der Waals surface area contributed by atoms with Crippen LogP contribution in [0.1, 0.15) is 53.4 Å². The molecule has 5 rings (SSSR count). The van der Waals surface area contributed by atoms with E-state index in [0.717, 1.165) is 11.8 Å². The van der Waals surface area contributed by atoms with Crippen molar-refractivity contribution >= 4 is 11.3 Å². The van der Waals surface area contributed by atoms with E-state index in [4.69, 9.17) is 0 Å². The lowest BCUT2D eigenvalue weighted by Gasteiger charge is -2.14. The molecule has 2 bridgehead atoms. The Hall–Kier alpha value is -1.86. The van der Waals surface area contributed by atoms with Crippen molar-refractivity contribution in [2.75, 3.05) is 0 Å². The fourth-order valence-corrected chi connectivity index (χ4v) is 6.10. The Bertz CT molecular complexity index is 822. The molecular formula is C23H22S. The van der Waals surface area contributed by atoms with E-state index in [2.05, 4.69) is 62.4 Å². The molecule has 0 amide bonds. The second-order valence-electron chi connectivity index (χ2n) is 7.53. The predicted molar refractivity (Wildman–Crippen MR) is 104 cm³/mol. The molecule has 3 aromatic rings. The van der Waals surface area contributed by atoms with Crippen LogP contribution in [0.15, 0.2) is 48.5 Å². The summed E-state index contributed by atoms with van der Waals surface area (Å²) in [5.41, 5.74) is 8.88. The van der Waals surface area contributed by atoms with E-state index >= 15 is 0 Å². The molecule has 0 aliphatic heterocycles. The minimum atomic E-state index is 0.803. The van der Waals surface area contributed by atoms with Crippen molar-refractivity contribution in [3.8, 4) is 20.9 Å². The molecule has 1 heterocycles.